The summed E-state index contributed by atoms with van der Waals surface area (Å²) in [6.45, 7) is 1.98. The molecule has 0 aromatic heterocycles. The molecule has 2 saturated heterocycles. The van der Waals surface area contributed by atoms with E-state index in [0.717, 1.165) is 7.11 Å². The van der Waals surface area contributed by atoms with Gasteiger partial charge in [-0.2, -0.15) is 0 Å². The minimum absolute atomic E-state index is 0.0770. The number of rotatable bonds is 2. The molecule has 2 aliphatic rings. The van der Waals surface area contributed by atoms with Crippen molar-refractivity contribution < 1.29 is 59.9 Å². The van der Waals surface area contributed by atoms with E-state index in [4.69, 9.17) is 26.1 Å². The van der Waals surface area contributed by atoms with Gasteiger partial charge in [0.25, 0.3) is 0 Å². The van der Waals surface area contributed by atoms with Gasteiger partial charge in [0.15, 0.2) is 12.5 Å². The topological polar surface area (TPSA) is 155 Å². The first-order valence-electron chi connectivity index (χ1n) is 7.94. The number of aliphatic imine (C=N–C) groups is 1. The molecule has 0 bridgehead atoms. The summed E-state index contributed by atoms with van der Waals surface area (Å²) < 4.78 is 33.4. The zero-order chi connectivity index (χ0) is 20.4. The first-order valence-corrected chi connectivity index (χ1v) is 9.58. The number of ether oxygens (including phenoxy) is 3. The van der Waals surface area contributed by atoms with Crippen LogP contribution in [0.25, 0.3) is 0 Å². The SMILES string of the molecule is CC1OCC2OC(/N=C/c3ccccc3O)C(O)C(O)C2O1.CO.[O]=[Mo]=[O]. The Labute approximate surface area is 164 Å². The van der Waals surface area contributed by atoms with E-state index in [9.17, 15) is 15.3 Å². The summed E-state index contributed by atoms with van der Waals surface area (Å²) in [6, 6.07) is 6.68. The van der Waals surface area contributed by atoms with Crippen LogP contribution in [-0.2, 0) is 39.5 Å². The Morgan fingerprint density at radius 2 is 1.78 bits per heavy atom. The molecule has 11 heteroatoms. The van der Waals surface area contributed by atoms with Crippen LogP contribution in [0.4, 0.5) is 0 Å². The molecule has 152 valence electrons. The molecule has 27 heavy (non-hydrogen) atoms. The monoisotopic (exact) mass is 471 g/mol. The fraction of sp³-hybridized carbons (Fsp3) is 0.562. The van der Waals surface area contributed by atoms with Gasteiger partial charge in [0, 0.05) is 18.9 Å². The van der Waals surface area contributed by atoms with Crippen LogP contribution in [0, 0.1) is 0 Å². The van der Waals surface area contributed by atoms with Crippen molar-refractivity contribution in [3.05, 3.63) is 29.8 Å². The summed E-state index contributed by atoms with van der Waals surface area (Å²) >= 11 is -2.03. The normalized spacial score (nSPS) is 32.3. The molecule has 0 radical (unpaired) electrons. The Morgan fingerprint density at radius 1 is 1.15 bits per heavy atom. The third-order valence-electron chi connectivity index (χ3n) is 3.80. The van der Waals surface area contributed by atoms with E-state index in [-0.39, 0.29) is 12.4 Å². The van der Waals surface area contributed by atoms with Crippen LogP contribution < -0.4 is 0 Å². The maximum atomic E-state index is 10.2. The third-order valence-corrected chi connectivity index (χ3v) is 3.80. The van der Waals surface area contributed by atoms with Crippen LogP contribution >= 0.6 is 0 Å². The summed E-state index contributed by atoms with van der Waals surface area (Å²) in [7, 11) is 1.00. The Bertz CT molecular complexity index is 636. The number of aromatic hydroxyl groups is 1. The van der Waals surface area contributed by atoms with E-state index in [1.807, 2.05) is 0 Å². The number of para-hydroxylation sites is 1. The van der Waals surface area contributed by atoms with Gasteiger partial charge in [-0.1, -0.05) is 12.1 Å². The first-order chi connectivity index (χ1) is 13.0. The van der Waals surface area contributed by atoms with Gasteiger partial charge in [-0.05, 0) is 19.1 Å². The number of benzene rings is 1. The van der Waals surface area contributed by atoms with Gasteiger partial charge >= 0.3 is 25.3 Å². The standard InChI is InChI=1S/C15H19NO6.CH4O.Mo.2O/c1-8-20-7-11-14(21-8)12(18)13(19)15(22-11)16-6-9-4-2-3-5-10(9)17;1-2;;;/h2-6,8,11-15,17-19H,7H2,1H3;2H,1H3;;;/b16-6+;;;;. The maximum absolute atomic E-state index is 10.2. The van der Waals surface area contributed by atoms with Gasteiger partial charge in [-0.15, -0.1) is 0 Å². The second-order valence-corrected chi connectivity index (χ2v) is 5.79. The molecule has 6 unspecified atom stereocenters. The van der Waals surface area contributed by atoms with Crippen LogP contribution in [0.15, 0.2) is 29.3 Å². The quantitative estimate of drug-likeness (QED) is 0.328. The van der Waals surface area contributed by atoms with Crippen molar-refractivity contribution in [2.45, 2.75) is 43.9 Å². The zero-order valence-electron chi connectivity index (χ0n) is 14.7. The van der Waals surface area contributed by atoms with Crippen LogP contribution in [0.5, 0.6) is 5.75 Å². The molecule has 2 heterocycles. The van der Waals surface area contributed by atoms with Gasteiger partial charge < -0.3 is 34.6 Å². The second kappa shape index (κ2) is 12.2. The predicted octanol–water partition coefficient (Wildman–Crippen LogP) is -0.612. The fourth-order valence-electron chi connectivity index (χ4n) is 2.59. The number of nitrogens with zero attached hydrogens (tertiary/aromatic N) is 1. The van der Waals surface area contributed by atoms with Crippen LogP contribution in [0.3, 0.4) is 0 Å². The molecule has 1 aromatic carbocycles. The molecule has 0 saturated carbocycles. The van der Waals surface area contributed by atoms with E-state index >= 15 is 0 Å². The van der Waals surface area contributed by atoms with Crippen molar-refractivity contribution in [3.63, 3.8) is 0 Å². The molecular weight excluding hydrogens is 446 g/mol. The number of aliphatic hydroxyl groups is 3. The van der Waals surface area contributed by atoms with E-state index in [1.165, 1.54) is 12.3 Å². The van der Waals surface area contributed by atoms with Crippen molar-refractivity contribution in [3.8, 4) is 5.75 Å². The van der Waals surface area contributed by atoms with Crippen molar-refractivity contribution in [1.29, 1.82) is 0 Å². The number of hydrogen-bond acceptors (Lipinski definition) is 10. The molecule has 3 rings (SSSR count). The van der Waals surface area contributed by atoms with E-state index in [0.29, 0.717) is 5.56 Å². The first kappa shape index (κ1) is 23.8. The molecule has 0 amide bonds. The Kier molecular flexibility index (Phi) is 10.8. The van der Waals surface area contributed by atoms with E-state index in [2.05, 4.69) is 4.99 Å². The van der Waals surface area contributed by atoms with Gasteiger partial charge in [0.05, 0.1) is 6.61 Å². The molecule has 1 aromatic rings. The van der Waals surface area contributed by atoms with Crippen molar-refractivity contribution in [1.82, 2.24) is 0 Å². The average molecular weight is 469 g/mol. The summed E-state index contributed by atoms with van der Waals surface area (Å²) in [4.78, 5) is 4.13. The van der Waals surface area contributed by atoms with Crippen LogP contribution in [0.2, 0.25) is 0 Å². The second-order valence-electron chi connectivity index (χ2n) is 5.45. The van der Waals surface area contributed by atoms with E-state index in [1.54, 1.807) is 25.1 Å². The Hall–Kier alpha value is -1.26. The van der Waals surface area contributed by atoms with Gasteiger partial charge in [-0.25, -0.2) is 0 Å². The van der Waals surface area contributed by atoms with Gasteiger partial charge in [-0.3, -0.25) is 4.99 Å². The van der Waals surface area contributed by atoms with E-state index < -0.39 is 55.4 Å². The van der Waals surface area contributed by atoms with Gasteiger partial charge in [0.2, 0.25) is 0 Å². The van der Waals surface area contributed by atoms with Crippen molar-refractivity contribution in [2.75, 3.05) is 13.7 Å². The molecule has 0 aliphatic carbocycles. The average Bonchev–Trinajstić information content (AvgIpc) is 2.67. The summed E-state index contributed by atoms with van der Waals surface area (Å²) in [5.74, 6) is 0.0770. The molecule has 6 atom stereocenters. The Balaban J connectivity index is 0.000000665. The van der Waals surface area contributed by atoms with Crippen molar-refractivity contribution >= 4 is 6.21 Å². The molecule has 10 nitrogen and oxygen atoms in total. The predicted molar refractivity (Wildman–Crippen MR) is 86.2 cm³/mol. The zero-order valence-corrected chi connectivity index (χ0v) is 16.8. The van der Waals surface area contributed by atoms with Crippen LogP contribution in [0.1, 0.15) is 12.5 Å². The Morgan fingerprint density at radius 3 is 2.41 bits per heavy atom. The molecule has 2 fully saturated rings. The molecular formula is C16H23MoNO9. The number of fused-ring (bicyclic) bond motifs is 1. The van der Waals surface area contributed by atoms with Crippen LogP contribution in [-0.4, -0.2) is 77.3 Å². The van der Waals surface area contributed by atoms with Gasteiger partial charge in [0.1, 0.15) is 30.2 Å². The number of phenolic OH excluding ortho intramolecular Hbond substituents is 1. The third kappa shape index (κ3) is 6.69. The molecule has 4 N–H and O–H groups in total. The summed E-state index contributed by atoms with van der Waals surface area (Å²) in [6.07, 6.45) is -3.46. The minimum atomic E-state index is -2.03. The molecule has 0 spiro atoms. The molecule has 2 aliphatic heterocycles. The summed E-state index contributed by atoms with van der Waals surface area (Å²) in [5, 5.41) is 37.0. The summed E-state index contributed by atoms with van der Waals surface area (Å²) in [5.41, 5.74) is 0.500. The number of hydrogen-bond donors (Lipinski definition) is 4. The number of phenols is 1. The van der Waals surface area contributed by atoms with Crippen molar-refractivity contribution in [2.24, 2.45) is 4.99 Å². The fourth-order valence-corrected chi connectivity index (χ4v) is 2.59. The number of aliphatic hydroxyl groups excluding tert-OH is 3.